The van der Waals surface area contributed by atoms with Crippen molar-refractivity contribution >= 4 is 10.8 Å². The van der Waals surface area contributed by atoms with Crippen LogP contribution in [0.4, 0.5) is 0 Å². The molecule has 0 saturated carbocycles. The molecular weight excluding hydrogens is 307 g/mol. The first kappa shape index (κ1) is 21.0. The van der Waals surface area contributed by atoms with Gasteiger partial charge in [0.15, 0.2) is 0 Å². The van der Waals surface area contributed by atoms with Gasteiger partial charge in [0.2, 0.25) is 0 Å². The van der Waals surface area contributed by atoms with Gasteiger partial charge in [0.25, 0.3) is 0 Å². The maximum absolute atomic E-state index is 3.60. The first-order chi connectivity index (χ1) is 8.69. The van der Waals surface area contributed by atoms with Crippen LogP contribution >= 0.6 is 0 Å². The Balaban J connectivity index is 0. The molecule has 0 aromatic heterocycles. The van der Waals surface area contributed by atoms with Gasteiger partial charge in [0, 0.05) is 0 Å². The Bertz CT molecular complexity index is 360. The van der Waals surface area contributed by atoms with Crippen LogP contribution in [0.25, 0.3) is 10.8 Å². The molecular formula is C18H27Zr. The number of hydrogen-bond donors (Lipinski definition) is 0. The number of hydrogen-bond acceptors (Lipinski definition) is 0. The van der Waals surface area contributed by atoms with E-state index >= 15 is 0 Å². The van der Waals surface area contributed by atoms with Crippen molar-refractivity contribution in [1.29, 1.82) is 0 Å². The number of benzene rings is 1. The zero-order valence-corrected chi connectivity index (χ0v) is 15.2. The van der Waals surface area contributed by atoms with E-state index in [4.69, 9.17) is 0 Å². The third-order valence-electron chi connectivity index (χ3n) is 2.47. The fourth-order valence-electron chi connectivity index (χ4n) is 1.31. The fourth-order valence-corrected chi connectivity index (χ4v) is 1.31. The topological polar surface area (TPSA) is 0 Å². The fraction of sp³-hybridized carbons (Fsp3) is 0.389. The smallest absolute Gasteiger partial charge is 0.343 e. The van der Waals surface area contributed by atoms with Gasteiger partial charge < -0.3 is 13.8 Å². The SMILES string of the molecule is Cc1cc2ccccc2[cH-]1.[CH2-]CCC.[CH2-]CCC.[Zr+3]. The average Bonchev–Trinajstić information content (AvgIpc) is 2.79. The third kappa shape index (κ3) is 10.2. The van der Waals surface area contributed by atoms with Gasteiger partial charge >= 0.3 is 26.2 Å². The maximum atomic E-state index is 3.60. The van der Waals surface area contributed by atoms with Crippen LogP contribution in [0.2, 0.25) is 0 Å². The molecule has 0 heterocycles. The summed E-state index contributed by atoms with van der Waals surface area (Å²) in [6.45, 7) is 13.6. The second-order valence-electron chi connectivity index (χ2n) is 4.37. The molecule has 0 aliphatic heterocycles. The molecule has 0 N–H and O–H groups in total. The first-order valence-corrected chi connectivity index (χ1v) is 6.90. The molecule has 0 aliphatic rings. The van der Waals surface area contributed by atoms with Gasteiger partial charge in [0.05, 0.1) is 0 Å². The Labute approximate surface area is 139 Å². The van der Waals surface area contributed by atoms with Crippen LogP contribution in [0, 0.1) is 20.8 Å². The summed E-state index contributed by atoms with van der Waals surface area (Å²) in [7, 11) is 0. The van der Waals surface area contributed by atoms with Crippen LogP contribution in [0.5, 0.6) is 0 Å². The normalized spacial score (nSPS) is 8.68. The molecule has 0 saturated heterocycles. The van der Waals surface area contributed by atoms with Gasteiger partial charge in [-0.3, -0.25) is 0 Å². The minimum atomic E-state index is 0. The molecule has 0 spiro atoms. The van der Waals surface area contributed by atoms with E-state index in [9.17, 15) is 0 Å². The number of unbranched alkanes of at least 4 members (excludes halogenated alkanes) is 2. The largest absolute Gasteiger partial charge is 3.00 e. The van der Waals surface area contributed by atoms with Crippen LogP contribution in [0.3, 0.4) is 0 Å². The summed E-state index contributed by atoms with van der Waals surface area (Å²) in [5.41, 5.74) is 1.35. The molecule has 2 rings (SSSR count). The summed E-state index contributed by atoms with van der Waals surface area (Å²) < 4.78 is 0. The molecule has 2 aromatic carbocycles. The van der Waals surface area contributed by atoms with Gasteiger partial charge in [-0.05, 0) is 0 Å². The molecule has 0 bridgehead atoms. The Morgan fingerprint density at radius 3 is 1.89 bits per heavy atom. The van der Waals surface area contributed by atoms with Crippen molar-refractivity contribution in [2.24, 2.45) is 0 Å². The van der Waals surface area contributed by atoms with Crippen LogP contribution < -0.4 is 0 Å². The van der Waals surface area contributed by atoms with Crippen molar-refractivity contribution in [3.05, 3.63) is 55.8 Å². The Hall–Kier alpha value is -0.287. The van der Waals surface area contributed by atoms with E-state index in [2.05, 4.69) is 71.0 Å². The van der Waals surface area contributed by atoms with E-state index in [1.807, 2.05) is 0 Å². The molecule has 0 fully saturated rings. The summed E-state index contributed by atoms with van der Waals surface area (Å²) in [5, 5.41) is 2.69. The molecule has 0 atom stereocenters. The predicted molar refractivity (Wildman–Crippen MR) is 84.8 cm³/mol. The molecule has 1 radical (unpaired) electrons. The predicted octanol–water partition coefficient (Wildman–Crippen LogP) is 6.11. The summed E-state index contributed by atoms with van der Waals surface area (Å²) >= 11 is 0. The second kappa shape index (κ2) is 14.1. The minimum Gasteiger partial charge on any atom is -0.343 e. The van der Waals surface area contributed by atoms with Gasteiger partial charge in [-0.2, -0.15) is 18.9 Å². The van der Waals surface area contributed by atoms with Crippen molar-refractivity contribution in [1.82, 2.24) is 0 Å². The minimum absolute atomic E-state index is 0. The molecule has 0 aliphatic carbocycles. The van der Waals surface area contributed by atoms with Crippen LogP contribution in [0.15, 0.2) is 36.4 Å². The van der Waals surface area contributed by atoms with Gasteiger partial charge in [-0.1, -0.05) is 39.7 Å². The van der Waals surface area contributed by atoms with Crippen molar-refractivity contribution in [2.75, 3.05) is 0 Å². The first-order valence-electron chi connectivity index (χ1n) is 6.90. The number of aryl methyl sites for hydroxylation is 1. The van der Waals surface area contributed by atoms with Crippen molar-refractivity contribution in [2.45, 2.75) is 46.5 Å². The number of rotatable bonds is 2. The number of fused-ring (bicyclic) bond motifs is 1. The van der Waals surface area contributed by atoms with Crippen LogP contribution in [-0.4, -0.2) is 0 Å². The zero-order chi connectivity index (χ0) is 13.8. The van der Waals surface area contributed by atoms with E-state index in [-0.39, 0.29) is 26.2 Å². The Morgan fingerprint density at radius 2 is 1.47 bits per heavy atom. The summed E-state index contributed by atoms with van der Waals surface area (Å²) in [6, 6.07) is 12.8. The van der Waals surface area contributed by atoms with Gasteiger partial charge in [-0.25, -0.2) is 0 Å². The quantitative estimate of drug-likeness (QED) is 0.582. The van der Waals surface area contributed by atoms with E-state index in [1.165, 1.54) is 29.2 Å². The molecule has 103 valence electrons. The van der Waals surface area contributed by atoms with E-state index in [1.54, 1.807) is 0 Å². The third-order valence-corrected chi connectivity index (χ3v) is 2.47. The molecule has 0 amide bonds. The standard InChI is InChI=1S/C10H9.2C4H9.Zr/c1-8-6-9-4-2-3-5-10(9)7-8;2*1-3-4-2;/h2-7H,1H3;2*1,3-4H2,2H3;/q3*-1;+3. The molecule has 0 nitrogen and oxygen atoms in total. The summed E-state index contributed by atoms with van der Waals surface area (Å²) in [5.74, 6) is 0. The van der Waals surface area contributed by atoms with Gasteiger partial charge in [0.1, 0.15) is 0 Å². The molecule has 19 heavy (non-hydrogen) atoms. The van der Waals surface area contributed by atoms with Crippen molar-refractivity contribution in [3.8, 4) is 0 Å². The summed E-state index contributed by atoms with van der Waals surface area (Å²) in [4.78, 5) is 0. The van der Waals surface area contributed by atoms with Crippen molar-refractivity contribution < 1.29 is 26.2 Å². The molecule has 0 unspecified atom stereocenters. The zero-order valence-electron chi connectivity index (χ0n) is 12.7. The van der Waals surface area contributed by atoms with Gasteiger partial charge in [-0.15, -0.1) is 40.6 Å². The Morgan fingerprint density at radius 1 is 1.00 bits per heavy atom. The average molecular weight is 335 g/mol. The Kier molecular flexibility index (Phi) is 15.6. The summed E-state index contributed by atoms with van der Waals surface area (Å²) in [6.07, 6.45) is 4.56. The maximum Gasteiger partial charge on any atom is 3.00 e. The van der Waals surface area contributed by atoms with E-state index in [0.29, 0.717) is 0 Å². The van der Waals surface area contributed by atoms with Crippen molar-refractivity contribution in [3.63, 3.8) is 0 Å². The molecule has 2 aromatic rings. The van der Waals surface area contributed by atoms with Crippen LogP contribution in [-0.2, 0) is 26.2 Å². The van der Waals surface area contributed by atoms with E-state index < -0.39 is 0 Å². The second-order valence-corrected chi connectivity index (χ2v) is 4.37. The van der Waals surface area contributed by atoms with Crippen LogP contribution in [0.1, 0.15) is 45.1 Å². The monoisotopic (exact) mass is 333 g/mol. The molecule has 1 heteroatoms. The van der Waals surface area contributed by atoms with E-state index in [0.717, 1.165) is 12.8 Å².